The zero-order valence-corrected chi connectivity index (χ0v) is 37.8. The number of hydrogen-bond acceptors (Lipinski definition) is 3. The van der Waals surface area contributed by atoms with Crippen molar-refractivity contribution in [1.82, 2.24) is 0 Å². The van der Waals surface area contributed by atoms with Crippen molar-refractivity contribution in [2.24, 2.45) is 0 Å². The second-order valence-corrected chi connectivity index (χ2v) is 22.3. The van der Waals surface area contributed by atoms with Crippen LogP contribution in [0.15, 0.2) is 133 Å². The average molecular weight is 809 g/mol. The van der Waals surface area contributed by atoms with Crippen LogP contribution in [0.4, 0.5) is 28.4 Å². The molecule has 0 saturated carbocycles. The normalized spacial score (nSPS) is 17.4. The van der Waals surface area contributed by atoms with Crippen LogP contribution in [0.5, 0.6) is 0 Å². The SMILES string of the molecule is CC(C)(C)c1cc2c3c(c1)N1c4cc5c(cc4C(C)(C)c4cccc(c41)B3N(c1cccc3c1sc1ccccc13)c1cc(-c3ccccc3)ccc1-2)C(C)(C)CCC5(C)C. The molecule has 4 aliphatic rings. The van der Waals surface area contributed by atoms with Crippen molar-refractivity contribution >= 4 is 77.7 Å². The Balaban J connectivity index is 1.23. The van der Waals surface area contributed by atoms with Gasteiger partial charge < -0.3 is 9.71 Å². The Kier molecular flexibility index (Phi) is 7.50. The molecular formula is C57H53BN2S. The Bertz CT molecular complexity index is 3180. The molecule has 300 valence electrons. The minimum absolute atomic E-state index is 0.0510. The predicted molar refractivity (Wildman–Crippen MR) is 265 cm³/mol. The van der Waals surface area contributed by atoms with Gasteiger partial charge in [0.1, 0.15) is 0 Å². The van der Waals surface area contributed by atoms with E-state index < -0.39 is 0 Å². The van der Waals surface area contributed by atoms with Crippen LogP contribution in [0.3, 0.4) is 0 Å². The van der Waals surface area contributed by atoms with Crippen LogP contribution in [-0.4, -0.2) is 6.85 Å². The van der Waals surface area contributed by atoms with Gasteiger partial charge >= 0.3 is 6.85 Å². The fourth-order valence-corrected chi connectivity index (χ4v) is 12.8. The Morgan fingerprint density at radius 2 is 1.25 bits per heavy atom. The highest BCUT2D eigenvalue weighted by Crippen LogP contribution is 2.59. The van der Waals surface area contributed by atoms with Gasteiger partial charge in [-0.15, -0.1) is 11.3 Å². The summed E-state index contributed by atoms with van der Waals surface area (Å²) in [6.45, 7) is 21.9. The highest BCUT2D eigenvalue weighted by atomic mass is 32.1. The molecule has 0 N–H and O–H groups in total. The molecule has 0 amide bonds. The molecule has 0 spiro atoms. The number of nitrogens with zero attached hydrogens (tertiary/aromatic N) is 2. The molecule has 0 unspecified atom stereocenters. The molecule has 12 rings (SSSR count). The van der Waals surface area contributed by atoms with Gasteiger partial charge in [0.2, 0.25) is 0 Å². The first-order valence-corrected chi connectivity index (χ1v) is 23.2. The number of hydrogen-bond donors (Lipinski definition) is 0. The quantitative estimate of drug-likeness (QED) is 0.161. The zero-order chi connectivity index (χ0) is 42.0. The number of anilines is 5. The molecule has 0 radical (unpaired) electrons. The molecule has 0 fully saturated rings. The van der Waals surface area contributed by atoms with Crippen LogP contribution in [0.25, 0.3) is 42.4 Å². The lowest BCUT2D eigenvalue weighted by Crippen LogP contribution is -2.62. The number of para-hydroxylation sites is 1. The van der Waals surface area contributed by atoms with Gasteiger partial charge in [0.15, 0.2) is 0 Å². The smallest absolute Gasteiger partial charge is 0.333 e. The molecular weight excluding hydrogens is 756 g/mol. The van der Waals surface area contributed by atoms with Gasteiger partial charge in [-0.1, -0.05) is 165 Å². The molecule has 4 heterocycles. The third-order valence-electron chi connectivity index (χ3n) is 15.2. The van der Waals surface area contributed by atoms with Crippen molar-refractivity contribution in [2.75, 3.05) is 9.71 Å². The number of benzene rings is 7. The molecule has 61 heavy (non-hydrogen) atoms. The fourth-order valence-electron chi connectivity index (χ4n) is 11.6. The van der Waals surface area contributed by atoms with Gasteiger partial charge in [0, 0.05) is 49.2 Å². The van der Waals surface area contributed by atoms with Crippen LogP contribution in [-0.2, 0) is 21.7 Å². The molecule has 0 bridgehead atoms. The largest absolute Gasteiger partial charge is 0.375 e. The van der Waals surface area contributed by atoms with Gasteiger partial charge in [0.25, 0.3) is 0 Å². The number of fused-ring (bicyclic) bond motifs is 10. The standard InChI is InChI=1S/C57H53BN2S/c1-54(2,3)36-30-40-37-26-25-35(34-17-11-10-12-18-34)29-47(37)60(46-23-15-20-39-38-19-13-14-24-50(38)61-53(39)46)58-45-22-16-21-41-52(45)59(49(31-36)51(40)58)48-33-43-42(32-44(48)57(41,8)9)55(4,5)27-28-56(43,6)7/h10-26,29-33H,27-28H2,1-9H3. The molecule has 0 saturated heterocycles. The van der Waals surface area contributed by atoms with Crippen LogP contribution >= 0.6 is 11.3 Å². The number of rotatable bonds is 2. The lowest BCUT2D eigenvalue weighted by molar-refractivity contribution is 0.331. The lowest BCUT2D eigenvalue weighted by atomic mass is 9.42. The summed E-state index contributed by atoms with van der Waals surface area (Å²) in [5.74, 6) is 0. The van der Waals surface area contributed by atoms with Crippen LogP contribution in [0, 0.1) is 0 Å². The maximum Gasteiger partial charge on any atom is 0.333 e. The Labute approximate surface area is 366 Å². The molecule has 7 aromatic carbocycles. The minimum Gasteiger partial charge on any atom is -0.375 e. The maximum absolute atomic E-state index is 2.75. The summed E-state index contributed by atoms with van der Waals surface area (Å²) in [6.07, 6.45) is 2.39. The minimum atomic E-state index is -0.213. The first-order valence-electron chi connectivity index (χ1n) is 22.3. The molecule has 0 atom stereocenters. The van der Waals surface area contributed by atoms with Crippen LogP contribution in [0.2, 0.25) is 0 Å². The number of thiophene rings is 1. The van der Waals surface area contributed by atoms with E-state index >= 15 is 0 Å². The van der Waals surface area contributed by atoms with Crippen LogP contribution in [0.1, 0.15) is 103 Å². The van der Waals surface area contributed by atoms with E-state index in [0.29, 0.717) is 0 Å². The van der Waals surface area contributed by atoms with Gasteiger partial charge in [-0.05, 0) is 115 Å². The predicted octanol–water partition coefficient (Wildman–Crippen LogP) is 14.7. The molecule has 2 nitrogen and oxygen atoms in total. The first-order chi connectivity index (χ1) is 29.1. The summed E-state index contributed by atoms with van der Waals surface area (Å²) < 4.78 is 2.67. The van der Waals surface area contributed by atoms with Gasteiger partial charge in [-0.2, -0.15) is 0 Å². The molecule has 1 aliphatic carbocycles. The average Bonchev–Trinajstić information content (AvgIpc) is 3.63. The van der Waals surface area contributed by atoms with Crippen molar-refractivity contribution in [3.05, 3.63) is 161 Å². The monoisotopic (exact) mass is 808 g/mol. The Morgan fingerprint density at radius 1 is 0.541 bits per heavy atom. The Morgan fingerprint density at radius 3 is 2.02 bits per heavy atom. The van der Waals surface area contributed by atoms with E-state index in [-0.39, 0.29) is 28.5 Å². The van der Waals surface area contributed by atoms with E-state index in [4.69, 9.17) is 0 Å². The third kappa shape index (κ3) is 5.09. The maximum atomic E-state index is 2.75. The van der Waals surface area contributed by atoms with Crippen LogP contribution < -0.4 is 20.6 Å². The summed E-state index contributed by atoms with van der Waals surface area (Å²) >= 11 is 1.93. The van der Waals surface area contributed by atoms with Crippen molar-refractivity contribution < 1.29 is 0 Å². The van der Waals surface area contributed by atoms with Gasteiger partial charge in [-0.25, -0.2) is 0 Å². The van der Waals surface area contributed by atoms with Crippen molar-refractivity contribution in [3.63, 3.8) is 0 Å². The van der Waals surface area contributed by atoms with Crippen molar-refractivity contribution in [3.8, 4) is 22.3 Å². The van der Waals surface area contributed by atoms with E-state index in [1.54, 1.807) is 0 Å². The van der Waals surface area contributed by atoms with E-state index in [1.165, 1.54) is 122 Å². The summed E-state index contributed by atoms with van der Waals surface area (Å²) in [4.78, 5) is 5.48. The molecule has 8 aromatic rings. The summed E-state index contributed by atoms with van der Waals surface area (Å²) in [5, 5.41) is 2.65. The lowest BCUT2D eigenvalue weighted by Gasteiger charge is -2.52. The van der Waals surface area contributed by atoms with Gasteiger partial charge in [0.05, 0.1) is 10.4 Å². The highest BCUT2D eigenvalue weighted by Gasteiger charge is 2.51. The molecule has 3 aliphatic heterocycles. The Hall–Kier alpha value is -5.58. The summed E-state index contributed by atoms with van der Waals surface area (Å²) in [6, 6.07) is 51.8. The van der Waals surface area contributed by atoms with E-state index in [1.807, 2.05) is 11.3 Å². The fraction of sp³-hybridized carbons (Fsp3) is 0.263. The molecule has 4 heteroatoms. The first kappa shape index (κ1) is 37.2. The summed E-state index contributed by atoms with van der Waals surface area (Å²) in [7, 11) is 0. The van der Waals surface area contributed by atoms with Crippen molar-refractivity contribution in [2.45, 2.75) is 96.8 Å². The van der Waals surface area contributed by atoms with Crippen molar-refractivity contribution in [1.29, 1.82) is 0 Å². The second-order valence-electron chi connectivity index (χ2n) is 21.2. The zero-order valence-electron chi connectivity index (χ0n) is 37.0. The summed E-state index contributed by atoms with van der Waals surface area (Å²) in [5.41, 5.74) is 21.6. The third-order valence-corrected chi connectivity index (χ3v) is 16.4. The van der Waals surface area contributed by atoms with Gasteiger partial charge in [-0.3, -0.25) is 0 Å². The van der Waals surface area contributed by atoms with E-state index in [9.17, 15) is 0 Å². The van der Waals surface area contributed by atoms with E-state index in [2.05, 4.69) is 205 Å². The van der Waals surface area contributed by atoms with E-state index in [0.717, 1.165) is 0 Å². The highest BCUT2D eigenvalue weighted by molar-refractivity contribution is 7.26. The second kappa shape index (κ2) is 12.3. The topological polar surface area (TPSA) is 6.48 Å². The molecule has 1 aromatic heterocycles.